The van der Waals surface area contributed by atoms with Gasteiger partial charge in [0.15, 0.2) is 0 Å². The van der Waals surface area contributed by atoms with Crippen molar-refractivity contribution in [3.05, 3.63) is 17.7 Å². The molecule has 0 spiro atoms. The molecule has 1 aromatic heterocycles. The third-order valence-electron chi connectivity index (χ3n) is 2.46. The number of methoxy groups -OCH3 is 1. The lowest BCUT2D eigenvalue weighted by Gasteiger charge is -2.25. The first-order valence-electron chi connectivity index (χ1n) is 5.09. The van der Waals surface area contributed by atoms with E-state index in [2.05, 4.69) is 21.6 Å². The van der Waals surface area contributed by atoms with Crippen LogP contribution in [0.5, 0.6) is 0 Å². The molecule has 0 bridgehead atoms. The largest absolute Gasteiger partial charge is 0.464 e. The molecule has 1 aliphatic rings. The summed E-state index contributed by atoms with van der Waals surface area (Å²) < 4.78 is 4.64. The monoisotopic (exact) mass is 258 g/mol. The maximum Gasteiger partial charge on any atom is 0.356 e. The molecule has 4 nitrogen and oxygen atoms in total. The molecule has 0 aliphatic carbocycles. The van der Waals surface area contributed by atoms with Crippen molar-refractivity contribution in [2.75, 3.05) is 18.6 Å². The predicted molar refractivity (Wildman–Crippen MR) is 67.0 cm³/mol. The van der Waals surface area contributed by atoms with Crippen molar-refractivity contribution < 1.29 is 9.53 Å². The molecule has 0 radical (unpaired) electrons. The molecule has 0 saturated carbocycles. The Morgan fingerprint density at radius 1 is 1.56 bits per heavy atom. The first kappa shape index (κ1) is 11.9. The van der Waals surface area contributed by atoms with Crippen LogP contribution >= 0.6 is 23.5 Å². The predicted octanol–water partition coefficient (Wildman–Crippen LogP) is 2.11. The fourth-order valence-electron chi connectivity index (χ4n) is 1.63. The normalized spacial score (nSPS) is 25.4. The van der Waals surface area contributed by atoms with Crippen molar-refractivity contribution in [2.45, 2.75) is 17.4 Å². The molecule has 1 N–H and O–H groups in total. The minimum Gasteiger partial charge on any atom is -0.464 e. The number of imidazole rings is 1. The zero-order valence-electron chi connectivity index (χ0n) is 9.23. The number of thioether (sulfide) groups is 2. The number of rotatable bonds is 2. The average Bonchev–Trinajstić information content (AvgIpc) is 2.78. The maximum absolute atomic E-state index is 11.3. The summed E-state index contributed by atoms with van der Waals surface area (Å²) in [6, 6.07) is 0. The van der Waals surface area contributed by atoms with Crippen LogP contribution in [-0.2, 0) is 4.74 Å². The molecule has 0 amide bonds. The van der Waals surface area contributed by atoms with E-state index < -0.39 is 0 Å². The van der Waals surface area contributed by atoms with Crippen molar-refractivity contribution in [1.29, 1.82) is 0 Å². The number of nitrogens with zero attached hydrogens (tertiary/aromatic N) is 1. The molecule has 1 aromatic rings. The average molecular weight is 258 g/mol. The Morgan fingerprint density at radius 3 is 3.00 bits per heavy atom. The lowest BCUT2D eigenvalue weighted by Crippen LogP contribution is -2.17. The van der Waals surface area contributed by atoms with Crippen LogP contribution in [0.2, 0.25) is 0 Å². The Labute approximate surface area is 103 Å². The van der Waals surface area contributed by atoms with Crippen LogP contribution in [0.3, 0.4) is 0 Å². The third kappa shape index (κ3) is 2.38. The Morgan fingerprint density at radius 2 is 2.31 bits per heavy atom. The topological polar surface area (TPSA) is 55.0 Å². The molecule has 0 aromatic carbocycles. The molecule has 2 unspecified atom stereocenters. The molecule has 2 rings (SSSR count). The van der Waals surface area contributed by atoms with E-state index in [1.54, 1.807) is 6.20 Å². The summed E-state index contributed by atoms with van der Waals surface area (Å²) >= 11 is 3.84. The van der Waals surface area contributed by atoms with E-state index in [1.807, 2.05) is 23.5 Å². The van der Waals surface area contributed by atoms with Gasteiger partial charge in [-0.05, 0) is 0 Å². The number of carbonyl (C=O) groups is 1. The number of aromatic amines is 1. The number of hydrogen-bond acceptors (Lipinski definition) is 5. The number of hydrogen-bond donors (Lipinski definition) is 1. The first-order valence-corrected chi connectivity index (χ1v) is 7.18. The van der Waals surface area contributed by atoms with Crippen LogP contribution in [0, 0.1) is 0 Å². The highest BCUT2D eigenvalue weighted by Crippen LogP contribution is 2.41. The highest BCUT2D eigenvalue weighted by molar-refractivity contribution is 8.06. The van der Waals surface area contributed by atoms with Gasteiger partial charge in [0.25, 0.3) is 0 Å². The van der Waals surface area contributed by atoms with Gasteiger partial charge in [-0.15, -0.1) is 11.8 Å². The summed E-state index contributed by atoms with van der Waals surface area (Å²) in [5.41, 5.74) is 0.431. The van der Waals surface area contributed by atoms with Crippen molar-refractivity contribution >= 4 is 29.5 Å². The highest BCUT2D eigenvalue weighted by Gasteiger charge is 2.27. The summed E-state index contributed by atoms with van der Waals surface area (Å²) in [4.78, 5) is 18.6. The second-order valence-electron chi connectivity index (χ2n) is 3.54. The molecule has 1 aliphatic heterocycles. The van der Waals surface area contributed by atoms with Gasteiger partial charge in [0.1, 0.15) is 11.5 Å². The van der Waals surface area contributed by atoms with Gasteiger partial charge in [-0.3, -0.25) is 0 Å². The van der Waals surface area contributed by atoms with E-state index in [1.165, 1.54) is 12.9 Å². The smallest absolute Gasteiger partial charge is 0.356 e. The highest BCUT2D eigenvalue weighted by atomic mass is 32.2. The quantitative estimate of drug-likeness (QED) is 0.823. The van der Waals surface area contributed by atoms with Crippen LogP contribution < -0.4 is 0 Å². The van der Waals surface area contributed by atoms with Gasteiger partial charge in [-0.25, -0.2) is 9.78 Å². The molecule has 2 atom stereocenters. The Balaban J connectivity index is 2.14. The van der Waals surface area contributed by atoms with Crippen LogP contribution in [0.15, 0.2) is 6.20 Å². The standard InChI is InChI=1S/C10H14N2O2S2/c1-6-8(16-4-3-15-6)9-11-5-7(12-9)10(13)14-2/h5-6,8H,3-4H2,1-2H3,(H,11,12). The minimum atomic E-state index is -0.361. The van der Waals surface area contributed by atoms with Gasteiger partial charge >= 0.3 is 5.97 Å². The van der Waals surface area contributed by atoms with Crippen molar-refractivity contribution in [3.63, 3.8) is 0 Å². The molecular formula is C10H14N2O2S2. The lowest BCUT2D eigenvalue weighted by molar-refractivity contribution is 0.0594. The lowest BCUT2D eigenvalue weighted by atomic mass is 10.3. The van der Waals surface area contributed by atoms with Crippen LogP contribution in [0.4, 0.5) is 0 Å². The van der Waals surface area contributed by atoms with Gasteiger partial charge in [-0.2, -0.15) is 11.8 Å². The molecular weight excluding hydrogens is 244 g/mol. The van der Waals surface area contributed by atoms with E-state index in [4.69, 9.17) is 0 Å². The summed E-state index contributed by atoms with van der Waals surface area (Å²) in [6.07, 6.45) is 1.55. The molecule has 1 fully saturated rings. The van der Waals surface area contributed by atoms with Crippen LogP contribution in [-0.4, -0.2) is 39.8 Å². The summed E-state index contributed by atoms with van der Waals surface area (Å²) in [6.45, 7) is 2.20. The number of carbonyl (C=O) groups excluding carboxylic acids is 1. The molecule has 6 heteroatoms. The van der Waals surface area contributed by atoms with Crippen molar-refractivity contribution in [3.8, 4) is 0 Å². The first-order chi connectivity index (χ1) is 7.72. The number of H-pyrrole nitrogens is 1. The van der Waals surface area contributed by atoms with E-state index in [9.17, 15) is 4.79 Å². The van der Waals surface area contributed by atoms with Gasteiger partial charge in [0, 0.05) is 16.8 Å². The van der Waals surface area contributed by atoms with E-state index >= 15 is 0 Å². The van der Waals surface area contributed by atoms with Crippen LogP contribution in [0.25, 0.3) is 0 Å². The van der Waals surface area contributed by atoms with Gasteiger partial charge in [-0.1, -0.05) is 6.92 Å². The Kier molecular flexibility index (Phi) is 3.81. The number of aromatic nitrogens is 2. The van der Waals surface area contributed by atoms with Gasteiger partial charge in [0.05, 0.1) is 18.6 Å². The maximum atomic E-state index is 11.3. The molecule has 16 heavy (non-hydrogen) atoms. The Hall–Kier alpha value is -0.620. The molecule has 2 heterocycles. The summed E-state index contributed by atoms with van der Waals surface area (Å²) in [7, 11) is 1.37. The second-order valence-corrected chi connectivity index (χ2v) is 6.28. The fourth-order valence-corrected chi connectivity index (χ4v) is 4.35. The SMILES string of the molecule is COC(=O)c1cnc(C2SCCSC2C)[nH]1. The van der Waals surface area contributed by atoms with Crippen molar-refractivity contribution in [2.24, 2.45) is 0 Å². The third-order valence-corrected chi connectivity index (χ3v) is 5.56. The second kappa shape index (κ2) is 5.14. The summed E-state index contributed by atoms with van der Waals surface area (Å²) in [5, 5.41) is 0.868. The molecule has 1 saturated heterocycles. The summed E-state index contributed by atoms with van der Waals surface area (Å²) in [5.74, 6) is 2.84. The Bertz CT molecular complexity index is 381. The van der Waals surface area contributed by atoms with Crippen molar-refractivity contribution in [1.82, 2.24) is 9.97 Å². The molecule has 88 valence electrons. The van der Waals surface area contributed by atoms with E-state index in [0.29, 0.717) is 16.2 Å². The fraction of sp³-hybridized carbons (Fsp3) is 0.600. The van der Waals surface area contributed by atoms with Gasteiger partial charge < -0.3 is 9.72 Å². The number of nitrogens with one attached hydrogen (secondary N) is 1. The zero-order valence-corrected chi connectivity index (χ0v) is 10.9. The van der Waals surface area contributed by atoms with E-state index in [0.717, 1.165) is 11.6 Å². The van der Waals surface area contributed by atoms with Crippen LogP contribution in [0.1, 0.15) is 28.5 Å². The van der Waals surface area contributed by atoms with Gasteiger partial charge in [0.2, 0.25) is 0 Å². The minimum absolute atomic E-state index is 0.345. The number of esters is 1. The number of ether oxygens (including phenoxy) is 1. The van der Waals surface area contributed by atoms with E-state index in [-0.39, 0.29) is 5.97 Å². The zero-order chi connectivity index (χ0) is 11.5.